The standard InChI is InChI=1S/C28H25N3O4/c1-28(2)15-23-25(24(32)16-28)26(17-8-11-20(12-9-17)31(34)35)30-21-13-10-19(14-22(21)29-23)27(33)18-6-4-3-5-7-18/h3-14,26,29-30H,15-16H2,1-2H3/t26-/m1/s1. The van der Waals surface area contributed by atoms with Gasteiger partial charge in [-0.15, -0.1) is 0 Å². The van der Waals surface area contributed by atoms with Crippen molar-refractivity contribution in [2.75, 3.05) is 10.6 Å². The summed E-state index contributed by atoms with van der Waals surface area (Å²) in [5.74, 6) is -0.0476. The summed E-state index contributed by atoms with van der Waals surface area (Å²) in [5, 5.41) is 18.1. The van der Waals surface area contributed by atoms with Gasteiger partial charge in [-0.1, -0.05) is 44.2 Å². The van der Waals surface area contributed by atoms with Crippen molar-refractivity contribution in [3.63, 3.8) is 0 Å². The highest BCUT2D eigenvalue weighted by Gasteiger charge is 2.38. The number of benzene rings is 3. The average molecular weight is 468 g/mol. The number of nitrogens with zero attached hydrogens (tertiary/aromatic N) is 1. The summed E-state index contributed by atoms with van der Waals surface area (Å²) in [7, 11) is 0. The van der Waals surface area contributed by atoms with Crippen molar-refractivity contribution in [1.82, 2.24) is 0 Å². The fourth-order valence-electron chi connectivity index (χ4n) is 4.88. The lowest BCUT2D eigenvalue weighted by molar-refractivity contribution is -0.384. The van der Waals surface area contributed by atoms with Crippen LogP contribution in [0.25, 0.3) is 0 Å². The van der Waals surface area contributed by atoms with Crippen LogP contribution >= 0.6 is 0 Å². The van der Waals surface area contributed by atoms with Crippen molar-refractivity contribution < 1.29 is 14.5 Å². The summed E-state index contributed by atoms with van der Waals surface area (Å²) in [6.45, 7) is 4.12. The van der Waals surface area contributed by atoms with Gasteiger partial charge in [0.25, 0.3) is 5.69 Å². The molecule has 0 bridgehead atoms. The predicted octanol–water partition coefficient (Wildman–Crippen LogP) is 6.05. The molecule has 0 unspecified atom stereocenters. The van der Waals surface area contributed by atoms with E-state index >= 15 is 0 Å². The fourth-order valence-corrected chi connectivity index (χ4v) is 4.88. The van der Waals surface area contributed by atoms with Gasteiger partial charge in [0.1, 0.15) is 0 Å². The number of allylic oxidation sites excluding steroid dienone is 1. The van der Waals surface area contributed by atoms with Crippen LogP contribution in [0.4, 0.5) is 17.1 Å². The SMILES string of the molecule is CC1(C)CC(=O)C2=C(C1)Nc1cc(C(=O)c3ccccc3)ccc1N[C@@H]2c1ccc([N+](=O)[O-])cc1. The molecule has 0 saturated heterocycles. The van der Waals surface area contributed by atoms with Gasteiger partial charge in [0.05, 0.1) is 22.3 Å². The van der Waals surface area contributed by atoms with Crippen LogP contribution in [0.5, 0.6) is 0 Å². The Balaban J connectivity index is 1.59. The van der Waals surface area contributed by atoms with E-state index in [4.69, 9.17) is 0 Å². The Morgan fingerprint density at radius 2 is 1.66 bits per heavy atom. The molecule has 176 valence electrons. The Labute approximate surface area is 203 Å². The fraction of sp³-hybridized carbons (Fsp3) is 0.214. The Morgan fingerprint density at radius 1 is 0.943 bits per heavy atom. The maximum Gasteiger partial charge on any atom is 0.269 e. The summed E-state index contributed by atoms with van der Waals surface area (Å²) in [5.41, 5.74) is 4.59. The minimum Gasteiger partial charge on any atom is -0.372 e. The molecule has 1 aliphatic heterocycles. The van der Waals surface area contributed by atoms with E-state index in [0.717, 1.165) is 16.9 Å². The van der Waals surface area contributed by atoms with Crippen LogP contribution in [0, 0.1) is 15.5 Å². The van der Waals surface area contributed by atoms with Crippen LogP contribution in [0.3, 0.4) is 0 Å². The first-order valence-electron chi connectivity index (χ1n) is 11.5. The number of hydrogen-bond acceptors (Lipinski definition) is 6. The Bertz CT molecular complexity index is 1380. The van der Waals surface area contributed by atoms with Crippen LogP contribution in [-0.4, -0.2) is 16.5 Å². The number of non-ortho nitro benzene ring substituents is 1. The summed E-state index contributed by atoms with van der Waals surface area (Å²) in [6, 6.07) is 20.3. The minimum atomic E-state index is -0.473. The van der Waals surface area contributed by atoms with Gasteiger partial charge in [-0.25, -0.2) is 0 Å². The number of Topliss-reactive ketones (excluding diaryl/α,β-unsaturated/α-hetero) is 1. The van der Waals surface area contributed by atoms with E-state index in [2.05, 4.69) is 24.5 Å². The van der Waals surface area contributed by atoms with Gasteiger partial charge in [-0.05, 0) is 47.7 Å². The Hall–Kier alpha value is -4.26. The van der Waals surface area contributed by atoms with E-state index in [9.17, 15) is 19.7 Å². The second kappa shape index (κ2) is 8.51. The van der Waals surface area contributed by atoms with Crippen LogP contribution in [0.15, 0.2) is 84.1 Å². The largest absolute Gasteiger partial charge is 0.372 e. The highest BCUT2D eigenvalue weighted by molar-refractivity contribution is 6.10. The van der Waals surface area contributed by atoms with Crippen molar-refractivity contribution >= 4 is 28.6 Å². The molecule has 0 aromatic heterocycles. The lowest BCUT2D eigenvalue weighted by Crippen LogP contribution is -2.31. The Morgan fingerprint density at radius 3 is 2.34 bits per heavy atom. The van der Waals surface area contributed by atoms with Crippen molar-refractivity contribution in [1.29, 1.82) is 0 Å². The summed E-state index contributed by atoms with van der Waals surface area (Å²) in [6.07, 6.45) is 1.07. The van der Waals surface area contributed by atoms with E-state index in [1.807, 2.05) is 30.3 Å². The highest BCUT2D eigenvalue weighted by atomic mass is 16.6. The number of carbonyl (C=O) groups excluding carboxylic acids is 2. The zero-order valence-electron chi connectivity index (χ0n) is 19.5. The van der Waals surface area contributed by atoms with E-state index < -0.39 is 11.0 Å². The molecule has 0 radical (unpaired) electrons. The van der Waals surface area contributed by atoms with Crippen LogP contribution in [0.1, 0.15) is 54.2 Å². The molecule has 7 heteroatoms. The predicted molar refractivity (Wildman–Crippen MR) is 134 cm³/mol. The number of carbonyl (C=O) groups is 2. The molecule has 3 aromatic rings. The molecule has 1 heterocycles. The van der Waals surface area contributed by atoms with Gasteiger partial charge < -0.3 is 10.6 Å². The smallest absolute Gasteiger partial charge is 0.269 e. The summed E-state index contributed by atoms with van der Waals surface area (Å²) in [4.78, 5) is 37.1. The van der Waals surface area contributed by atoms with E-state index in [0.29, 0.717) is 35.2 Å². The monoisotopic (exact) mass is 467 g/mol. The quantitative estimate of drug-likeness (QED) is 0.275. The number of hydrogen-bond donors (Lipinski definition) is 2. The molecule has 0 amide bonds. The molecule has 5 rings (SSSR count). The molecular formula is C28H25N3O4. The van der Waals surface area contributed by atoms with Crippen molar-refractivity contribution in [2.24, 2.45) is 5.41 Å². The molecule has 2 N–H and O–H groups in total. The number of rotatable bonds is 4. The molecule has 2 aliphatic rings. The molecule has 7 nitrogen and oxygen atoms in total. The van der Waals surface area contributed by atoms with Gasteiger partial charge in [0, 0.05) is 41.0 Å². The van der Waals surface area contributed by atoms with Crippen molar-refractivity contribution in [3.8, 4) is 0 Å². The number of fused-ring (bicyclic) bond motifs is 1. The molecule has 3 aromatic carbocycles. The number of nitro groups is 1. The second-order valence-electron chi connectivity index (χ2n) is 9.84. The second-order valence-corrected chi connectivity index (χ2v) is 9.84. The third-order valence-electron chi connectivity index (χ3n) is 6.55. The summed E-state index contributed by atoms with van der Waals surface area (Å²) >= 11 is 0. The lowest BCUT2D eigenvalue weighted by atomic mass is 9.73. The molecule has 1 atom stereocenters. The van der Waals surface area contributed by atoms with Crippen LogP contribution < -0.4 is 10.6 Å². The number of nitro benzene ring substituents is 1. The summed E-state index contributed by atoms with van der Waals surface area (Å²) < 4.78 is 0. The first kappa shape index (κ1) is 22.5. The molecule has 35 heavy (non-hydrogen) atoms. The topological polar surface area (TPSA) is 101 Å². The molecule has 1 aliphatic carbocycles. The van der Waals surface area contributed by atoms with Gasteiger partial charge in [-0.3, -0.25) is 19.7 Å². The molecular weight excluding hydrogens is 442 g/mol. The zero-order valence-corrected chi connectivity index (χ0v) is 19.5. The number of nitrogens with one attached hydrogen (secondary N) is 2. The Kier molecular flexibility index (Phi) is 5.47. The third-order valence-corrected chi connectivity index (χ3v) is 6.55. The molecule has 0 spiro atoms. The molecule has 0 saturated carbocycles. The maximum atomic E-state index is 13.4. The first-order chi connectivity index (χ1) is 16.7. The number of ketones is 2. The van der Waals surface area contributed by atoms with Gasteiger partial charge in [0.15, 0.2) is 11.6 Å². The van der Waals surface area contributed by atoms with Crippen molar-refractivity contribution in [2.45, 2.75) is 32.7 Å². The van der Waals surface area contributed by atoms with E-state index in [1.165, 1.54) is 12.1 Å². The highest BCUT2D eigenvalue weighted by Crippen LogP contribution is 2.45. The van der Waals surface area contributed by atoms with Gasteiger partial charge >= 0.3 is 0 Å². The van der Waals surface area contributed by atoms with Crippen LogP contribution in [0.2, 0.25) is 0 Å². The van der Waals surface area contributed by atoms with E-state index in [-0.39, 0.29) is 22.7 Å². The third kappa shape index (κ3) is 4.33. The first-order valence-corrected chi connectivity index (χ1v) is 11.5. The average Bonchev–Trinajstić information content (AvgIpc) is 2.99. The normalized spacial score (nSPS) is 18.5. The van der Waals surface area contributed by atoms with Crippen LogP contribution in [-0.2, 0) is 4.79 Å². The van der Waals surface area contributed by atoms with Gasteiger partial charge in [-0.2, -0.15) is 0 Å². The van der Waals surface area contributed by atoms with Crippen molar-refractivity contribution in [3.05, 3.63) is 111 Å². The minimum absolute atomic E-state index is 0.00438. The van der Waals surface area contributed by atoms with Gasteiger partial charge in [0.2, 0.25) is 0 Å². The zero-order chi connectivity index (χ0) is 24.7. The number of anilines is 2. The van der Waals surface area contributed by atoms with E-state index in [1.54, 1.807) is 30.3 Å². The molecule has 0 fully saturated rings. The lowest BCUT2D eigenvalue weighted by Gasteiger charge is -2.34. The maximum absolute atomic E-state index is 13.4.